The Labute approximate surface area is 157 Å². The third-order valence-electron chi connectivity index (χ3n) is 4.59. The van der Waals surface area contributed by atoms with Gasteiger partial charge in [-0.3, -0.25) is 4.90 Å². The zero-order chi connectivity index (χ0) is 17.2. The fraction of sp³-hybridized carbons (Fsp3) is 0.238. The average Bonchev–Trinajstić information content (AvgIpc) is 3.24. The van der Waals surface area contributed by atoms with Crippen molar-refractivity contribution in [1.82, 2.24) is 9.47 Å². The molecule has 2 heterocycles. The molecule has 2 aromatic carbocycles. The maximum Gasteiger partial charge on any atom is 0.138 e. The minimum absolute atomic E-state index is 0.0178. The molecule has 1 aliphatic heterocycles. The first kappa shape index (κ1) is 16.6. The Morgan fingerprint density at radius 1 is 1.12 bits per heavy atom. The summed E-state index contributed by atoms with van der Waals surface area (Å²) in [6.07, 6.45) is 4.28. The highest BCUT2D eigenvalue weighted by Gasteiger charge is 2.27. The Kier molecular flexibility index (Phi) is 4.75. The van der Waals surface area contributed by atoms with Gasteiger partial charge in [-0.2, -0.15) is 0 Å². The number of hydrogen-bond acceptors (Lipinski definition) is 2. The molecule has 1 unspecified atom stereocenters. The van der Waals surface area contributed by atoms with Gasteiger partial charge >= 0.3 is 0 Å². The lowest BCUT2D eigenvalue weighted by atomic mass is 10.1. The molecule has 0 aliphatic carbocycles. The molecule has 1 fully saturated rings. The highest BCUT2D eigenvalue weighted by atomic mass is 79.9. The van der Waals surface area contributed by atoms with Crippen LogP contribution in [0.5, 0.6) is 0 Å². The van der Waals surface area contributed by atoms with Crippen LogP contribution in [0.25, 0.3) is 5.69 Å². The van der Waals surface area contributed by atoms with Gasteiger partial charge in [-0.1, -0.05) is 42.0 Å². The van der Waals surface area contributed by atoms with Gasteiger partial charge in [0.2, 0.25) is 0 Å². The van der Waals surface area contributed by atoms with Crippen molar-refractivity contribution in [3.63, 3.8) is 0 Å². The topological polar surface area (TPSA) is 17.4 Å². The van der Waals surface area contributed by atoms with Crippen LogP contribution in [0, 0.1) is 6.92 Å². The van der Waals surface area contributed by atoms with Crippen LogP contribution in [0.2, 0.25) is 0 Å². The van der Waals surface area contributed by atoms with Gasteiger partial charge in [0, 0.05) is 35.5 Å². The van der Waals surface area contributed by atoms with Crippen molar-refractivity contribution in [2.75, 3.05) is 13.2 Å². The van der Waals surface area contributed by atoms with Crippen molar-refractivity contribution < 1.29 is 4.74 Å². The number of rotatable bonds is 4. The van der Waals surface area contributed by atoms with Crippen LogP contribution in [0.15, 0.2) is 71.5 Å². The van der Waals surface area contributed by atoms with Crippen LogP contribution in [0.4, 0.5) is 0 Å². The zero-order valence-electron chi connectivity index (χ0n) is 14.2. The van der Waals surface area contributed by atoms with Crippen LogP contribution in [0.3, 0.4) is 0 Å². The molecule has 128 valence electrons. The number of nitrogens with zero attached hydrogens (tertiary/aromatic N) is 2. The summed E-state index contributed by atoms with van der Waals surface area (Å²) in [5.74, 6) is 0. The number of aryl methyl sites for hydroxylation is 1. The first-order chi connectivity index (χ1) is 12.2. The number of benzene rings is 2. The predicted octanol–water partition coefficient (Wildman–Crippen LogP) is 5.08. The van der Waals surface area contributed by atoms with Crippen LogP contribution in [-0.2, 0) is 11.3 Å². The largest absolute Gasteiger partial charge is 0.357 e. The summed E-state index contributed by atoms with van der Waals surface area (Å²) >= 11 is 3.63. The molecule has 4 rings (SSSR count). The Balaban J connectivity index is 1.56. The number of ether oxygens (including phenoxy) is 1. The van der Waals surface area contributed by atoms with Gasteiger partial charge in [-0.05, 0) is 46.6 Å². The smallest absolute Gasteiger partial charge is 0.138 e. The summed E-state index contributed by atoms with van der Waals surface area (Å²) in [7, 11) is 0. The molecule has 3 aromatic rings. The number of hydrogen-bond donors (Lipinski definition) is 0. The van der Waals surface area contributed by atoms with Gasteiger partial charge in [-0.15, -0.1) is 0 Å². The van der Waals surface area contributed by atoms with E-state index in [1.807, 2.05) is 6.07 Å². The molecule has 3 nitrogen and oxygen atoms in total. The third kappa shape index (κ3) is 3.56. The molecule has 1 atom stereocenters. The van der Waals surface area contributed by atoms with E-state index < -0.39 is 0 Å². The van der Waals surface area contributed by atoms with Gasteiger partial charge in [-0.25, -0.2) is 0 Å². The predicted molar refractivity (Wildman–Crippen MR) is 104 cm³/mol. The molecular weight excluding hydrogens is 376 g/mol. The third-order valence-corrected chi connectivity index (χ3v) is 5.26. The van der Waals surface area contributed by atoms with Crippen molar-refractivity contribution in [2.24, 2.45) is 0 Å². The Bertz CT molecular complexity index is 874. The Morgan fingerprint density at radius 2 is 2.00 bits per heavy atom. The molecule has 1 aliphatic rings. The normalized spacial score (nSPS) is 17.9. The molecule has 0 bridgehead atoms. The van der Waals surface area contributed by atoms with Gasteiger partial charge in [0.25, 0.3) is 0 Å². The lowest BCUT2D eigenvalue weighted by Gasteiger charge is -2.22. The van der Waals surface area contributed by atoms with E-state index in [-0.39, 0.29) is 6.23 Å². The fourth-order valence-corrected chi connectivity index (χ4v) is 3.88. The minimum Gasteiger partial charge on any atom is -0.357 e. The molecule has 0 N–H and O–H groups in total. The van der Waals surface area contributed by atoms with E-state index in [1.54, 1.807) is 0 Å². The van der Waals surface area contributed by atoms with Gasteiger partial charge < -0.3 is 9.30 Å². The van der Waals surface area contributed by atoms with E-state index >= 15 is 0 Å². The van der Waals surface area contributed by atoms with Crippen molar-refractivity contribution >= 4 is 15.9 Å². The van der Waals surface area contributed by atoms with Gasteiger partial charge in [0.15, 0.2) is 0 Å². The number of aromatic nitrogens is 1. The molecular formula is C21H21BrN2O. The number of halogens is 1. The molecule has 1 aromatic heterocycles. The summed E-state index contributed by atoms with van der Waals surface area (Å²) in [6, 6.07) is 19.1. The minimum atomic E-state index is 0.0178. The first-order valence-electron chi connectivity index (χ1n) is 8.55. The molecule has 0 saturated carbocycles. The van der Waals surface area contributed by atoms with E-state index in [0.717, 1.165) is 29.9 Å². The van der Waals surface area contributed by atoms with Crippen LogP contribution >= 0.6 is 15.9 Å². The lowest BCUT2D eigenvalue weighted by Crippen LogP contribution is -2.23. The lowest BCUT2D eigenvalue weighted by molar-refractivity contribution is 0.0288. The van der Waals surface area contributed by atoms with E-state index in [2.05, 4.69) is 93.2 Å². The van der Waals surface area contributed by atoms with E-state index in [1.165, 1.54) is 16.7 Å². The summed E-state index contributed by atoms with van der Waals surface area (Å²) in [5, 5.41) is 0. The first-order valence-corrected chi connectivity index (χ1v) is 9.34. The second-order valence-corrected chi connectivity index (χ2v) is 7.34. The summed E-state index contributed by atoms with van der Waals surface area (Å²) in [4.78, 5) is 2.40. The van der Waals surface area contributed by atoms with Crippen LogP contribution < -0.4 is 0 Å². The quantitative estimate of drug-likeness (QED) is 0.611. The monoisotopic (exact) mass is 396 g/mol. The molecule has 25 heavy (non-hydrogen) atoms. The standard InChI is InChI=1S/C21H21BrN2O/c1-16-5-4-6-17(13-16)14-24-11-12-25-21(24)18-9-10-23(15-18)20-8-3-2-7-19(20)22/h2-10,13,15,21H,11-12,14H2,1H3. The SMILES string of the molecule is Cc1cccc(CN2CCOC2c2ccn(-c3ccccc3Br)c2)c1. The van der Waals surface area contributed by atoms with Crippen molar-refractivity contribution in [2.45, 2.75) is 19.7 Å². The molecule has 0 amide bonds. The van der Waals surface area contributed by atoms with E-state index in [4.69, 9.17) is 4.74 Å². The van der Waals surface area contributed by atoms with Crippen molar-refractivity contribution in [3.05, 3.63) is 88.2 Å². The van der Waals surface area contributed by atoms with E-state index in [0.29, 0.717) is 0 Å². The van der Waals surface area contributed by atoms with Crippen molar-refractivity contribution in [1.29, 1.82) is 0 Å². The fourth-order valence-electron chi connectivity index (χ4n) is 3.39. The molecule has 4 heteroatoms. The average molecular weight is 397 g/mol. The molecule has 0 radical (unpaired) electrons. The highest BCUT2D eigenvalue weighted by molar-refractivity contribution is 9.10. The zero-order valence-corrected chi connectivity index (χ0v) is 15.8. The van der Waals surface area contributed by atoms with Crippen molar-refractivity contribution in [3.8, 4) is 5.69 Å². The Morgan fingerprint density at radius 3 is 2.84 bits per heavy atom. The number of para-hydroxylation sites is 1. The highest BCUT2D eigenvalue weighted by Crippen LogP contribution is 2.30. The second kappa shape index (κ2) is 7.16. The van der Waals surface area contributed by atoms with E-state index in [9.17, 15) is 0 Å². The maximum atomic E-state index is 6.03. The maximum absolute atomic E-state index is 6.03. The van der Waals surface area contributed by atoms with Crippen LogP contribution in [0.1, 0.15) is 22.9 Å². The van der Waals surface area contributed by atoms with Crippen LogP contribution in [-0.4, -0.2) is 22.6 Å². The molecule has 1 saturated heterocycles. The summed E-state index contributed by atoms with van der Waals surface area (Å²) in [6.45, 7) is 4.78. The second-order valence-electron chi connectivity index (χ2n) is 6.49. The molecule has 0 spiro atoms. The van der Waals surface area contributed by atoms with Gasteiger partial charge in [0.1, 0.15) is 6.23 Å². The van der Waals surface area contributed by atoms with Gasteiger partial charge in [0.05, 0.1) is 12.3 Å². The summed E-state index contributed by atoms with van der Waals surface area (Å²) in [5.41, 5.74) is 4.97. The Hall–Kier alpha value is -1.88. The summed E-state index contributed by atoms with van der Waals surface area (Å²) < 4.78 is 9.26.